The number of carbonyl (C=O) groups is 1. The summed E-state index contributed by atoms with van der Waals surface area (Å²) < 4.78 is 52.7. The average molecular weight is 375 g/mol. The Hall–Kier alpha value is -3.29. The molecule has 1 atom stereocenters. The van der Waals surface area contributed by atoms with E-state index in [1.165, 1.54) is 36.4 Å². The normalized spacial score (nSPS) is 19.3. The van der Waals surface area contributed by atoms with Gasteiger partial charge >= 0.3 is 17.5 Å². The fourth-order valence-electron chi connectivity index (χ4n) is 3.04. The number of fused-ring (bicyclic) bond motifs is 3. The molecule has 27 heavy (non-hydrogen) atoms. The summed E-state index contributed by atoms with van der Waals surface area (Å²) in [7, 11) is 0. The molecule has 1 aromatic heterocycles. The minimum absolute atomic E-state index is 0.0240. The third kappa shape index (κ3) is 2.48. The molecule has 1 aliphatic rings. The molecule has 3 aromatic rings. The number of benzene rings is 2. The van der Waals surface area contributed by atoms with Crippen molar-refractivity contribution in [3.05, 3.63) is 75.6 Å². The van der Waals surface area contributed by atoms with Crippen LogP contribution in [-0.4, -0.2) is 12.1 Å². The maximum Gasteiger partial charge on any atom is 0.453 e. The van der Waals surface area contributed by atoms with Gasteiger partial charge in [-0.2, -0.15) is 13.2 Å². The third-order valence-electron chi connectivity index (χ3n) is 4.39. The molecule has 0 saturated heterocycles. The van der Waals surface area contributed by atoms with E-state index in [0.717, 1.165) is 5.56 Å². The Balaban J connectivity index is 2.03. The Bertz CT molecular complexity index is 1120. The second-order valence-corrected chi connectivity index (χ2v) is 6.19. The van der Waals surface area contributed by atoms with Crippen LogP contribution in [0, 0.1) is 6.92 Å². The zero-order chi connectivity index (χ0) is 19.4. The Morgan fingerprint density at radius 1 is 1.00 bits per heavy atom. The van der Waals surface area contributed by atoms with Crippen LogP contribution < -0.4 is 15.7 Å². The van der Waals surface area contributed by atoms with Gasteiger partial charge in [0, 0.05) is 5.56 Å². The largest absolute Gasteiger partial charge is 0.453 e. The standard InChI is InChI=1S/C19H12F3NO4/c1-10-6-8-11(9-7-10)18(19(20,21)22)23-16(24)14-15(27-18)12-4-2-3-5-13(12)26-17(14)25/h2-9H,1H3,(H,23,24). The Kier molecular flexibility index (Phi) is 3.56. The molecular formula is C19H12F3NO4. The molecule has 4 rings (SSSR count). The van der Waals surface area contributed by atoms with Gasteiger partial charge in [0.15, 0.2) is 11.3 Å². The quantitative estimate of drug-likeness (QED) is 0.660. The highest BCUT2D eigenvalue weighted by Crippen LogP contribution is 2.45. The summed E-state index contributed by atoms with van der Waals surface area (Å²) in [6.45, 7) is 1.72. The number of aryl methyl sites for hydroxylation is 1. The zero-order valence-electron chi connectivity index (χ0n) is 13.9. The minimum atomic E-state index is -4.99. The van der Waals surface area contributed by atoms with Crippen molar-refractivity contribution >= 4 is 16.9 Å². The van der Waals surface area contributed by atoms with Gasteiger partial charge in [-0.1, -0.05) is 42.0 Å². The molecule has 1 unspecified atom stereocenters. The van der Waals surface area contributed by atoms with E-state index in [4.69, 9.17) is 9.15 Å². The molecule has 1 N–H and O–H groups in total. The van der Waals surface area contributed by atoms with Gasteiger partial charge in [-0.05, 0) is 19.1 Å². The van der Waals surface area contributed by atoms with Gasteiger partial charge in [-0.25, -0.2) is 4.79 Å². The lowest BCUT2D eigenvalue weighted by Crippen LogP contribution is -2.63. The lowest BCUT2D eigenvalue weighted by Gasteiger charge is -2.40. The highest BCUT2D eigenvalue weighted by molar-refractivity contribution is 6.03. The lowest BCUT2D eigenvalue weighted by molar-refractivity contribution is -0.264. The van der Waals surface area contributed by atoms with E-state index in [9.17, 15) is 22.8 Å². The van der Waals surface area contributed by atoms with E-state index in [1.807, 2.05) is 5.32 Å². The zero-order valence-corrected chi connectivity index (χ0v) is 13.9. The van der Waals surface area contributed by atoms with Crippen LogP contribution in [-0.2, 0) is 5.72 Å². The molecule has 0 spiro atoms. The maximum atomic E-state index is 14.1. The number of alkyl halides is 3. The van der Waals surface area contributed by atoms with Gasteiger partial charge in [0.25, 0.3) is 5.91 Å². The first-order valence-electron chi connectivity index (χ1n) is 7.94. The number of nitrogens with one attached hydrogen (secondary N) is 1. The molecule has 0 bridgehead atoms. The van der Waals surface area contributed by atoms with Crippen LogP contribution in [0.1, 0.15) is 21.5 Å². The third-order valence-corrected chi connectivity index (χ3v) is 4.39. The van der Waals surface area contributed by atoms with E-state index in [0.29, 0.717) is 0 Å². The minimum Gasteiger partial charge on any atom is -0.452 e. The van der Waals surface area contributed by atoms with Crippen molar-refractivity contribution in [3.63, 3.8) is 0 Å². The molecule has 0 radical (unpaired) electrons. The van der Waals surface area contributed by atoms with Gasteiger partial charge in [-0.15, -0.1) is 0 Å². The van der Waals surface area contributed by atoms with Crippen molar-refractivity contribution in [2.75, 3.05) is 0 Å². The van der Waals surface area contributed by atoms with Gasteiger partial charge in [0.1, 0.15) is 5.58 Å². The van der Waals surface area contributed by atoms with Crippen LogP contribution in [0.5, 0.6) is 5.75 Å². The number of ether oxygens (including phenoxy) is 1. The van der Waals surface area contributed by atoms with Gasteiger partial charge in [0.2, 0.25) is 0 Å². The number of hydrogen-bond acceptors (Lipinski definition) is 4. The summed E-state index contributed by atoms with van der Waals surface area (Å²) in [5.41, 5.74) is -4.33. The molecule has 1 amide bonds. The highest BCUT2D eigenvalue weighted by Gasteiger charge is 2.62. The smallest absolute Gasteiger partial charge is 0.452 e. The summed E-state index contributed by atoms with van der Waals surface area (Å²) in [5, 5.41) is 1.92. The van der Waals surface area contributed by atoms with Crippen molar-refractivity contribution in [1.82, 2.24) is 5.32 Å². The molecule has 5 nitrogen and oxygen atoms in total. The maximum absolute atomic E-state index is 14.1. The van der Waals surface area contributed by atoms with E-state index >= 15 is 0 Å². The average Bonchev–Trinajstić information content (AvgIpc) is 2.61. The number of rotatable bonds is 1. The fourth-order valence-corrected chi connectivity index (χ4v) is 3.04. The first-order valence-corrected chi connectivity index (χ1v) is 7.94. The number of para-hydroxylation sites is 1. The number of amides is 1. The van der Waals surface area contributed by atoms with E-state index < -0.39 is 34.7 Å². The number of hydrogen-bond donors (Lipinski definition) is 1. The van der Waals surface area contributed by atoms with E-state index in [2.05, 4.69) is 0 Å². The predicted molar refractivity (Wildman–Crippen MR) is 89.5 cm³/mol. The van der Waals surface area contributed by atoms with Crippen LogP contribution in [0.4, 0.5) is 13.2 Å². The van der Waals surface area contributed by atoms with E-state index in [1.54, 1.807) is 19.1 Å². The van der Waals surface area contributed by atoms with Crippen molar-refractivity contribution in [1.29, 1.82) is 0 Å². The van der Waals surface area contributed by atoms with Crippen molar-refractivity contribution in [3.8, 4) is 5.75 Å². The fraction of sp³-hybridized carbons (Fsp3) is 0.158. The summed E-state index contributed by atoms with van der Waals surface area (Å²) in [5.74, 6) is -1.67. The summed E-state index contributed by atoms with van der Waals surface area (Å²) in [4.78, 5) is 24.6. The summed E-state index contributed by atoms with van der Waals surface area (Å²) in [6, 6.07) is 11.3. The highest BCUT2D eigenvalue weighted by atomic mass is 19.4. The first-order chi connectivity index (χ1) is 12.7. The first kappa shape index (κ1) is 17.1. The molecule has 8 heteroatoms. The molecule has 2 heterocycles. The van der Waals surface area contributed by atoms with Crippen LogP contribution in [0.3, 0.4) is 0 Å². The molecule has 138 valence electrons. The predicted octanol–water partition coefficient (Wildman–Crippen LogP) is 3.64. The summed E-state index contributed by atoms with van der Waals surface area (Å²) >= 11 is 0. The van der Waals surface area contributed by atoms with Crippen LogP contribution >= 0.6 is 0 Å². The van der Waals surface area contributed by atoms with Crippen LogP contribution in [0.15, 0.2) is 57.7 Å². The van der Waals surface area contributed by atoms with Crippen LogP contribution in [0.2, 0.25) is 0 Å². The van der Waals surface area contributed by atoms with Gasteiger partial charge in [0.05, 0.1) is 5.39 Å². The molecule has 0 saturated carbocycles. The molecule has 2 aromatic carbocycles. The van der Waals surface area contributed by atoms with Gasteiger partial charge < -0.3 is 14.5 Å². The number of carbonyl (C=O) groups excluding carboxylic acids is 1. The molecule has 0 aliphatic carbocycles. The Morgan fingerprint density at radius 2 is 1.67 bits per heavy atom. The molecule has 0 fully saturated rings. The van der Waals surface area contributed by atoms with Crippen molar-refractivity contribution in [2.24, 2.45) is 0 Å². The summed E-state index contributed by atoms with van der Waals surface area (Å²) in [6.07, 6.45) is -4.99. The monoisotopic (exact) mass is 375 g/mol. The van der Waals surface area contributed by atoms with Crippen molar-refractivity contribution in [2.45, 2.75) is 18.8 Å². The van der Waals surface area contributed by atoms with Crippen LogP contribution in [0.25, 0.3) is 11.0 Å². The Morgan fingerprint density at radius 3 is 2.33 bits per heavy atom. The van der Waals surface area contributed by atoms with E-state index in [-0.39, 0.29) is 16.5 Å². The number of halogens is 3. The SMILES string of the molecule is Cc1ccc(C2(C(F)(F)F)NC(=O)c3c(c4ccccc4oc3=O)O2)cc1. The van der Waals surface area contributed by atoms with Gasteiger partial charge in [-0.3, -0.25) is 4.79 Å². The Labute approximate surface area is 150 Å². The molecular weight excluding hydrogens is 363 g/mol. The molecule has 1 aliphatic heterocycles. The lowest BCUT2D eigenvalue weighted by atomic mass is 9.97. The second-order valence-electron chi connectivity index (χ2n) is 6.19. The second kappa shape index (κ2) is 5.60. The van der Waals surface area contributed by atoms with Crippen molar-refractivity contribution < 1.29 is 27.1 Å². The topological polar surface area (TPSA) is 68.5 Å².